The molecule has 0 radical (unpaired) electrons. The van der Waals surface area contributed by atoms with E-state index in [1.54, 1.807) is 24.3 Å². The van der Waals surface area contributed by atoms with Crippen molar-refractivity contribution in [1.82, 2.24) is 10.9 Å². The molecule has 0 aliphatic heterocycles. The molecule has 0 saturated heterocycles. The molecule has 9 heteroatoms. The lowest BCUT2D eigenvalue weighted by Gasteiger charge is -2.08. The molecule has 1 aromatic rings. The summed E-state index contributed by atoms with van der Waals surface area (Å²) in [5.74, 6) is -2.34. The van der Waals surface area contributed by atoms with Gasteiger partial charge in [-0.15, -0.1) is 0 Å². The van der Waals surface area contributed by atoms with Crippen LogP contribution in [-0.2, 0) is 19.2 Å². The third-order valence-electron chi connectivity index (χ3n) is 2.73. The van der Waals surface area contributed by atoms with Crippen molar-refractivity contribution >= 4 is 29.4 Å². The minimum atomic E-state index is -1.28. The van der Waals surface area contributed by atoms with Crippen molar-refractivity contribution in [2.24, 2.45) is 0 Å². The molecule has 0 heterocycles. The van der Waals surface area contributed by atoms with Gasteiger partial charge in [-0.3, -0.25) is 25.2 Å². The number of anilines is 1. The van der Waals surface area contributed by atoms with Crippen molar-refractivity contribution in [2.45, 2.75) is 19.8 Å². The van der Waals surface area contributed by atoms with Crippen LogP contribution < -0.4 is 20.9 Å². The van der Waals surface area contributed by atoms with Gasteiger partial charge in [-0.05, 0) is 31.2 Å². The van der Waals surface area contributed by atoms with Crippen molar-refractivity contribution in [3.8, 4) is 5.75 Å². The second kappa shape index (κ2) is 10.4. The SMILES string of the molecule is CCOc1ccc(NC(=O)CCC(=O)NNC(=O)/C=C/C(=O)O)cc1. The number of carboxylic acids is 1. The van der Waals surface area contributed by atoms with Gasteiger partial charge < -0.3 is 15.2 Å². The quantitative estimate of drug-likeness (QED) is 0.401. The average molecular weight is 349 g/mol. The van der Waals surface area contributed by atoms with Crippen LogP contribution in [0.1, 0.15) is 19.8 Å². The van der Waals surface area contributed by atoms with Crippen LogP contribution in [0, 0.1) is 0 Å². The normalized spacial score (nSPS) is 10.1. The van der Waals surface area contributed by atoms with Gasteiger partial charge >= 0.3 is 5.97 Å². The molecule has 0 aromatic heterocycles. The largest absolute Gasteiger partial charge is 0.494 e. The molecule has 134 valence electrons. The highest BCUT2D eigenvalue weighted by Gasteiger charge is 2.08. The van der Waals surface area contributed by atoms with Crippen LogP contribution in [-0.4, -0.2) is 35.4 Å². The molecule has 0 aliphatic rings. The molecule has 0 spiro atoms. The summed E-state index contributed by atoms with van der Waals surface area (Å²) in [4.78, 5) is 44.6. The van der Waals surface area contributed by atoms with Gasteiger partial charge in [-0.25, -0.2) is 4.79 Å². The van der Waals surface area contributed by atoms with Crippen molar-refractivity contribution in [1.29, 1.82) is 0 Å². The zero-order chi connectivity index (χ0) is 18.7. The molecule has 0 fully saturated rings. The van der Waals surface area contributed by atoms with Gasteiger partial charge in [0.2, 0.25) is 11.8 Å². The molecule has 0 atom stereocenters. The van der Waals surface area contributed by atoms with Crippen molar-refractivity contribution in [3.05, 3.63) is 36.4 Å². The Hall–Kier alpha value is -3.36. The summed E-state index contributed by atoms with van der Waals surface area (Å²) >= 11 is 0. The van der Waals surface area contributed by atoms with Crippen LogP contribution in [0.5, 0.6) is 5.75 Å². The lowest BCUT2D eigenvalue weighted by molar-refractivity contribution is -0.131. The van der Waals surface area contributed by atoms with Crippen molar-refractivity contribution in [3.63, 3.8) is 0 Å². The third-order valence-corrected chi connectivity index (χ3v) is 2.73. The van der Waals surface area contributed by atoms with E-state index in [2.05, 4.69) is 10.7 Å². The molecule has 0 unspecified atom stereocenters. The highest BCUT2D eigenvalue weighted by molar-refractivity contribution is 5.96. The van der Waals surface area contributed by atoms with Crippen LogP contribution in [0.15, 0.2) is 36.4 Å². The molecule has 0 saturated carbocycles. The maximum atomic E-state index is 11.8. The number of aliphatic carboxylic acids is 1. The summed E-state index contributed by atoms with van der Waals surface area (Å²) in [6.45, 7) is 2.41. The minimum absolute atomic E-state index is 0.0835. The Balaban J connectivity index is 2.29. The number of ether oxygens (including phenoxy) is 1. The van der Waals surface area contributed by atoms with E-state index in [0.717, 1.165) is 6.08 Å². The smallest absolute Gasteiger partial charge is 0.328 e. The Bertz CT molecular complexity index is 654. The second-order valence-electron chi connectivity index (χ2n) is 4.71. The summed E-state index contributed by atoms with van der Waals surface area (Å²) in [5, 5.41) is 11.0. The molecule has 3 amide bonds. The maximum absolute atomic E-state index is 11.8. The Kier molecular flexibility index (Phi) is 8.21. The molecule has 4 N–H and O–H groups in total. The molecule has 1 aromatic carbocycles. The van der Waals surface area contributed by atoms with E-state index in [-0.39, 0.29) is 18.7 Å². The Morgan fingerprint density at radius 2 is 1.64 bits per heavy atom. The molecular weight excluding hydrogens is 330 g/mol. The van der Waals surface area contributed by atoms with Gasteiger partial charge in [0.15, 0.2) is 0 Å². The van der Waals surface area contributed by atoms with Gasteiger partial charge in [0.1, 0.15) is 5.75 Å². The van der Waals surface area contributed by atoms with Crippen LogP contribution in [0.4, 0.5) is 5.69 Å². The number of hydrogen-bond donors (Lipinski definition) is 4. The number of amides is 3. The van der Waals surface area contributed by atoms with Gasteiger partial charge in [0.05, 0.1) is 6.61 Å². The second-order valence-corrected chi connectivity index (χ2v) is 4.71. The first kappa shape index (κ1) is 19.7. The van der Waals surface area contributed by atoms with E-state index in [1.165, 1.54) is 0 Å². The van der Waals surface area contributed by atoms with E-state index in [4.69, 9.17) is 9.84 Å². The molecule has 0 aliphatic carbocycles. The highest BCUT2D eigenvalue weighted by Crippen LogP contribution is 2.15. The fraction of sp³-hybridized carbons (Fsp3) is 0.250. The molecular formula is C16H19N3O6. The molecule has 1 rings (SSSR count). The summed E-state index contributed by atoms with van der Waals surface area (Å²) in [5.41, 5.74) is 4.63. The van der Waals surface area contributed by atoms with Crippen LogP contribution in [0.25, 0.3) is 0 Å². The van der Waals surface area contributed by atoms with E-state index in [0.29, 0.717) is 24.1 Å². The summed E-state index contributed by atoms with van der Waals surface area (Å²) in [6.07, 6.45) is 1.15. The van der Waals surface area contributed by atoms with Crippen molar-refractivity contribution < 1.29 is 29.0 Å². The highest BCUT2D eigenvalue weighted by atomic mass is 16.5. The standard InChI is InChI=1S/C16H19N3O6/c1-2-25-12-5-3-11(4-6-12)17-13(20)7-8-14(21)18-19-15(22)9-10-16(23)24/h3-6,9-10H,2,7-8H2,1H3,(H,17,20)(H,18,21)(H,19,22)(H,23,24)/b10-9+. The number of hydrazine groups is 1. The zero-order valence-corrected chi connectivity index (χ0v) is 13.6. The van der Waals surface area contributed by atoms with Gasteiger partial charge in [0, 0.05) is 30.7 Å². The lowest BCUT2D eigenvalue weighted by Crippen LogP contribution is -2.41. The predicted octanol–water partition coefficient (Wildman–Crippen LogP) is 0.592. The van der Waals surface area contributed by atoms with E-state index in [1.807, 2.05) is 12.3 Å². The third kappa shape index (κ3) is 8.74. The first-order valence-electron chi connectivity index (χ1n) is 7.43. The van der Waals surface area contributed by atoms with E-state index < -0.39 is 17.8 Å². The van der Waals surface area contributed by atoms with Crippen LogP contribution in [0.2, 0.25) is 0 Å². The summed E-state index contributed by atoms with van der Waals surface area (Å²) in [6, 6.07) is 6.79. The van der Waals surface area contributed by atoms with Crippen molar-refractivity contribution in [2.75, 3.05) is 11.9 Å². The number of rotatable bonds is 8. The summed E-state index contributed by atoms with van der Waals surface area (Å²) in [7, 11) is 0. The predicted molar refractivity (Wildman–Crippen MR) is 88.5 cm³/mol. The molecule has 0 bridgehead atoms. The van der Waals surface area contributed by atoms with Gasteiger partial charge in [-0.2, -0.15) is 0 Å². The number of benzene rings is 1. The zero-order valence-electron chi connectivity index (χ0n) is 13.6. The topological polar surface area (TPSA) is 134 Å². The van der Waals surface area contributed by atoms with Crippen LogP contribution in [0.3, 0.4) is 0 Å². The minimum Gasteiger partial charge on any atom is -0.494 e. The van der Waals surface area contributed by atoms with Crippen LogP contribution >= 0.6 is 0 Å². The average Bonchev–Trinajstić information content (AvgIpc) is 2.58. The lowest BCUT2D eigenvalue weighted by atomic mass is 10.2. The summed E-state index contributed by atoms with van der Waals surface area (Å²) < 4.78 is 5.28. The monoisotopic (exact) mass is 349 g/mol. The number of carbonyl (C=O) groups excluding carboxylic acids is 3. The first-order chi connectivity index (χ1) is 11.9. The number of carbonyl (C=O) groups is 4. The van der Waals surface area contributed by atoms with Gasteiger partial charge in [0.25, 0.3) is 5.91 Å². The van der Waals surface area contributed by atoms with E-state index >= 15 is 0 Å². The number of carboxylic acid groups (broad SMARTS) is 1. The number of nitrogens with one attached hydrogen (secondary N) is 3. The van der Waals surface area contributed by atoms with Gasteiger partial charge in [-0.1, -0.05) is 0 Å². The fourth-order valence-electron chi connectivity index (χ4n) is 1.63. The first-order valence-corrected chi connectivity index (χ1v) is 7.43. The van der Waals surface area contributed by atoms with E-state index in [9.17, 15) is 19.2 Å². The Morgan fingerprint density at radius 3 is 2.24 bits per heavy atom. The fourth-order valence-corrected chi connectivity index (χ4v) is 1.63. The Labute approximate surface area is 144 Å². The Morgan fingerprint density at radius 1 is 1.00 bits per heavy atom. The number of hydrogen-bond acceptors (Lipinski definition) is 5. The maximum Gasteiger partial charge on any atom is 0.328 e. The molecule has 9 nitrogen and oxygen atoms in total. The molecule has 25 heavy (non-hydrogen) atoms.